The molecule has 0 bridgehead atoms. The lowest BCUT2D eigenvalue weighted by Gasteiger charge is -2.12. The maximum absolute atomic E-state index is 12.6. The molecule has 0 saturated heterocycles. The third-order valence-electron chi connectivity index (χ3n) is 4.28. The topological polar surface area (TPSA) is 51.3 Å². The van der Waals surface area contributed by atoms with Crippen molar-refractivity contribution < 1.29 is 9.47 Å². The first-order valence-electron chi connectivity index (χ1n) is 8.01. The first kappa shape index (κ1) is 16.1. The predicted octanol–water partition coefficient (Wildman–Crippen LogP) is 4.51. The molecule has 124 valence electrons. The number of aromatic nitrogens is 1. The Labute approximate surface area is 141 Å². The second kappa shape index (κ2) is 6.40. The van der Waals surface area contributed by atoms with Crippen LogP contribution in [0.1, 0.15) is 23.7 Å². The number of hydrogen-bond donors (Lipinski definition) is 1. The average Bonchev–Trinajstić information content (AvgIpc) is 2.60. The van der Waals surface area contributed by atoms with Crippen molar-refractivity contribution in [3.63, 3.8) is 0 Å². The molecule has 2 aromatic carbocycles. The van der Waals surface area contributed by atoms with Crippen LogP contribution in [0.4, 0.5) is 0 Å². The van der Waals surface area contributed by atoms with Crippen molar-refractivity contribution >= 4 is 10.9 Å². The normalized spacial score (nSPS) is 10.8. The summed E-state index contributed by atoms with van der Waals surface area (Å²) < 4.78 is 11.1. The van der Waals surface area contributed by atoms with E-state index in [-0.39, 0.29) is 5.43 Å². The monoisotopic (exact) mass is 323 g/mol. The van der Waals surface area contributed by atoms with Gasteiger partial charge in [0.15, 0.2) is 5.43 Å². The molecule has 1 N–H and O–H groups in total. The molecular formula is C20H21NO3. The zero-order valence-electron chi connectivity index (χ0n) is 14.4. The molecule has 1 heterocycles. The predicted molar refractivity (Wildman–Crippen MR) is 96.5 cm³/mol. The summed E-state index contributed by atoms with van der Waals surface area (Å²) in [5.74, 6) is 2.16. The van der Waals surface area contributed by atoms with Gasteiger partial charge in [0.2, 0.25) is 0 Å². The number of benzene rings is 2. The highest BCUT2D eigenvalue weighted by molar-refractivity contribution is 5.82. The minimum atomic E-state index is 0.0557. The molecule has 4 heteroatoms. The van der Waals surface area contributed by atoms with E-state index in [0.717, 1.165) is 34.5 Å². The van der Waals surface area contributed by atoms with E-state index in [9.17, 15) is 4.79 Å². The third-order valence-corrected chi connectivity index (χ3v) is 4.28. The van der Waals surface area contributed by atoms with Gasteiger partial charge in [-0.3, -0.25) is 4.79 Å². The summed E-state index contributed by atoms with van der Waals surface area (Å²) in [6.45, 7) is 5.88. The summed E-state index contributed by atoms with van der Waals surface area (Å²) in [6.07, 6.45) is 0.806. The molecule has 1 aromatic heterocycles. The molecule has 0 fully saturated rings. The Morgan fingerprint density at radius 2 is 1.71 bits per heavy atom. The largest absolute Gasteiger partial charge is 0.497 e. The Morgan fingerprint density at radius 1 is 1.04 bits per heavy atom. The van der Waals surface area contributed by atoms with Crippen molar-refractivity contribution in [3.8, 4) is 17.2 Å². The Balaban J connectivity index is 2.06. The van der Waals surface area contributed by atoms with Crippen LogP contribution in [0.15, 0.2) is 41.2 Å². The Kier molecular flexibility index (Phi) is 4.30. The number of rotatable bonds is 4. The highest BCUT2D eigenvalue weighted by Crippen LogP contribution is 2.29. The van der Waals surface area contributed by atoms with Gasteiger partial charge < -0.3 is 14.5 Å². The fourth-order valence-corrected chi connectivity index (χ4v) is 2.81. The van der Waals surface area contributed by atoms with E-state index < -0.39 is 0 Å². The molecule has 4 nitrogen and oxygen atoms in total. The maximum atomic E-state index is 12.6. The minimum Gasteiger partial charge on any atom is -0.497 e. The lowest BCUT2D eigenvalue weighted by atomic mass is 10.1. The van der Waals surface area contributed by atoms with Crippen LogP contribution in [0.25, 0.3) is 10.9 Å². The number of methoxy groups -OCH3 is 1. The third kappa shape index (κ3) is 2.87. The maximum Gasteiger partial charge on any atom is 0.192 e. The van der Waals surface area contributed by atoms with Crippen molar-refractivity contribution in [3.05, 3.63) is 63.4 Å². The molecule has 0 aliphatic carbocycles. The van der Waals surface area contributed by atoms with Crippen LogP contribution in [-0.2, 0) is 6.42 Å². The first-order chi connectivity index (χ1) is 11.5. The minimum absolute atomic E-state index is 0.0557. The SMILES string of the molecule is CCc1[nH]c2cc(C)c(Oc3ccc(OC)cc3)cc2c(=O)c1C. The van der Waals surface area contributed by atoms with Gasteiger partial charge in [0.05, 0.1) is 12.6 Å². The van der Waals surface area contributed by atoms with Crippen LogP contribution < -0.4 is 14.9 Å². The van der Waals surface area contributed by atoms with E-state index >= 15 is 0 Å². The van der Waals surface area contributed by atoms with Crippen LogP contribution >= 0.6 is 0 Å². The van der Waals surface area contributed by atoms with E-state index in [0.29, 0.717) is 16.9 Å². The molecule has 0 saturated carbocycles. The zero-order chi connectivity index (χ0) is 17.3. The van der Waals surface area contributed by atoms with Gasteiger partial charge in [-0.15, -0.1) is 0 Å². The fraction of sp³-hybridized carbons (Fsp3) is 0.250. The van der Waals surface area contributed by atoms with Gasteiger partial charge >= 0.3 is 0 Å². The Hall–Kier alpha value is -2.75. The van der Waals surface area contributed by atoms with Gasteiger partial charge in [-0.25, -0.2) is 0 Å². The molecule has 0 unspecified atom stereocenters. The summed E-state index contributed by atoms with van der Waals surface area (Å²) in [7, 11) is 1.63. The van der Waals surface area contributed by atoms with Crippen LogP contribution in [0.5, 0.6) is 17.2 Å². The van der Waals surface area contributed by atoms with Crippen LogP contribution in [0.2, 0.25) is 0 Å². The number of aryl methyl sites for hydroxylation is 2. The molecular weight excluding hydrogens is 302 g/mol. The molecule has 3 rings (SSSR count). The summed E-state index contributed by atoms with van der Waals surface area (Å²) in [4.78, 5) is 16.0. The number of hydrogen-bond acceptors (Lipinski definition) is 3. The summed E-state index contributed by atoms with van der Waals surface area (Å²) >= 11 is 0. The highest BCUT2D eigenvalue weighted by Gasteiger charge is 2.11. The van der Waals surface area contributed by atoms with Crippen molar-refractivity contribution in [2.75, 3.05) is 7.11 Å². The van der Waals surface area contributed by atoms with Crippen molar-refractivity contribution in [1.29, 1.82) is 0 Å². The molecule has 0 spiro atoms. The first-order valence-corrected chi connectivity index (χ1v) is 8.01. The van der Waals surface area contributed by atoms with E-state index in [1.807, 2.05) is 57.2 Å². The highest BCUT2D eigenvalue weighted by atomic mass is 16.5. The zero-order valence-corrected chi connectivity index (χ0v) is 14.4. The Morgan fingerprint density at radius 3 is 2.33 bits per heavy atom. The number of pyridine rings is 1. The van der Waals surface area contributed by atoms with Crippen molar-refractivity contribution in [1.82, 2.24) is 4.98 Å². The molecule has 0 aliphatic heterocycles. The van der Waals surface area contributed by atoms with E-state index in [1.54, 1.807) is 7.11 Å². The summed E-state index contributed by atoms with van der Waals surface area (Å²) in [6, 6.07) is 11.2. The van der Waals surface area contributed by atoms with E-state index in [2.05, 4.69) is 4.98 Å². The number of aromatic amines is 1. The van der Waals surface area contributed by atoms with Gasteiger partial charge in [0, 0.05) is 16.6 Å². The van der Waals surface area contributed by atoms with Gasteiger partial charge in [-0.1, -0.05) is 6.92 Å². The van der Waals surface area contributed by atoms with E-state index in [4.69, 9.17) is 9.47 Å². The van der Waals surface area contributed by atoms with E-state index in [1.165, 1.54) is 0 Å². The fourth-order valence-electron chi connectivity index (χ4n) is 2.81. The van der Waals surface area contributed by atoms with Gasteiger partial charge in [-0.2, -0.15) is 0 Å². The van der Waals surface area contributed by atoms with Crippen LogP contribution in [-0.4, -0.2) is 12.1 Å². The quantitative estimate of drug-likeness (QED) is 0.768. The lowest BCUT2D eigenvalue weighted by Crippen LogP contribution is -2.11. The second-order valence-corrected chi connectivity index (χ2v) is 5.85. The molecule has 0 atom stereocenters. The number of H-pyrrole nitrogens is 1. The molecule has 3 aromatic rings. The van der Waals surface area contributed by atoms with Crippen LogP contribution in [0.3, 0.4) is 0 Å². The standard InChI is InChI=1S/C20H21NO3/c1-5-17-13(3)20(22)16-11-19(12(2)10-18(16)21-17)24-15-8-6-14(23-4)7-9-15/h6-11H,5H2,1-4H3,(H,21,22). The number of fused-ring (bicyclic) bond motifs is 1. The van der Waals surface area contributed by atoms with Gasteiger partial charge in [-0.05, 0) is 62.2 Å². The van der Waals surface area contributed by atoms with Crippen molar-refractivity contribution in [2.45, 2.75) is 27.2 Å². The molecule has 0 aliphatic rings. The average molecular weight is 323 g/mol. The smallest absolute Gasteiger partial charge is 0.192 e. The summed E-state index contributed by atoms with van der Waals surface area (Å²) in [5.41, 5.74) is 3.63. The number of ether oxygens (including phenoxy) is 2. The van der Waals surface area contributed by atoms with Gasteiger partial charge in [0.25, 0.3) is 0 Å². The van der Waals surface area contributed by atoms with Crippen molar-refractivity contribution in [2.24, 2.45) is 0 Å². The molecule has 24 heavy (non-hydrogen) atoms. The molecule has 0 radical (unpaired) electrons. The summed E-state index contributed by atoms with van der Waals surface area (Å²) in [5, 5.41) is 0.652. The Bertz CT molecular complexity index is 940. The lowest BCUT2D eigenvalue weighted by molar-refractivity contribution is 0.412. The molecule has 0 amide bonds. The number of nitrogens with one attached hydrogen (secondary N) is 1. The second-order valence-electron chi connectivity index (χ2n) is 5.85. The van der Waals surface area contributed by atoms with Crippen LogP contribution in [0, 0.1) is 13.8 Å². The van der Waals surface area contributed by atoms with Gasteiger partial charge in [0.1, 0.15) is 17.2 Å².